The fourth-order valence-electron chi connectivity index (χ4n) is 3.35. The third kappa shape index (κ3) is 3.77. The molecule has 0 amide bonds. The van der Waals surface area contributed by atoms with E-state index in [4.69, 9.17) is 5.11 Å². The van der Waals surface area contributed by atoms with Gasteiger partial charge in [0.1, 0.15) is 15.7 Å². The average molecular weight is 476 g/mol. The Morgan fingerprint density at radius 3 is 2.43 bits per heavy atom. The second-order valence-electron chi connectivity index (χ2n) is 6.13. The van der Waals surface area contributed by atoms with E-state index in [-0.39, 0.29) is 12.4 Å². The topological polar surface area (TPSA) is 33.5 Å². The van der Waals surface area contributed by atoms with Crippen LogP contribution >= 0.6 is 27.3 Å². The molecule has 0 saturated carbocycles. The second-order valence-corrected chi connectivity index (χ2v) is 8.52. The standard InChI is InChI=1S/C21H20BrN4S.ClH/c1-3-25-14-18(22)27-21(25)24-23-19-16-12-8-9-13-17(16)26(4-2)20(19)15-10-6-5-7-11-15;/h5-14H,3-4H2,1-2H3;1H/q+1;/p-1. The van der Waals surface area contributed by atoms with Gasteiger partial charge in [-0.15, -0.1) is 0 Å². The summed E-state index contributed by atoms with van der Waals surface area (Å²) in [5, 5.41) is 11.4. The van der Waals surface area contributed by atoms with Gasteiger partial charge in [-0.25, -0.2) is 4.57 Å². The number of aryl methyl sites for hydroxylation is 2. The molecule has 0 aliphatic rings. The lowest BCUT2D eigenvalue weighted by atomic mass is 10.1. The largest absolute Gasteiger partial charge is 1.00 e. The first-order chi connectivity index (χ1) is 13.2. The van der Waals surface area contributed by atoms with Crippen LogP contribution < -0.4 is 17.0 Å². The van der Waals surface area contributed by atoms with Crippen LogP contribution in [-0.4, -0.2) is 4.57 Å². The van der Waals surface area contributed by atoms with E-state index in [2.05, 4.69) is 92.6 Å². The van der Waals surface area contributed by atoms with Crippen molar-refractivity contribution in [3.63, 3.8) is 0 Å². The number of hydrogen-bond donors (Lipinski definition) is 0. The number of aromatic nitrogens is 2. The predicted molar refractivity (Wildman–Crippen MR) is 115 cm³/mol. The van der Waals surface area contributed by atoms with E-state index >= 15 is 0 Å². The quantitative estimate of drug-likeness (QED) is 0.310. The maximum atomic E-state index is 4.74. The van der Waals surface area contributed by atoms with Crippen molar-refractivity contribution in [1.29, 1.82) is 0 Å². The third-order valence-electron chi connectivity index (χ3n) is 4.58. The molecule has 0 N–H and O–H groups in total. The molecular weight excluding hydrogens is 456 g/mol. The second kappa shape index (κ2) is 8.99. The van der Waals surface area contributed by atoms with Crippen LogP contribution in [0.25, 0.3) is 22.2 Å². The van der Waals surface area contributed by atoms with Crippen LogP contribution in [0.15, 0.2) is 74.8 Å². The molecule has 0 atom stereocenters. The summed E-state index contributed by atoms with van der Waals surface area (Å²) in [7, 11) is 0. The maximum Gasteiger partial charge on any atom is 0.409 e. The van der Waals surface area contributed by atoms with Crippen molar-refractivity contribution >= 4 is 49.0 Å². The Morgan fingerprint density at radius 1 is 1.00 bits per heavy atom. The number of rotatable bonds is 5. The molecule has 0 spiro atoms. The summed E-state index contributed by atoms with van der Waals surface area (Å²) in [5.41, 5.74) is 4.37. The Kier molecular flexibility index (Phi) is 6.65. The monoisotopic (exact) mass is 474 g/mol. The molecule has 0 aliphatic carbocycles. The number of benzene rings is 2. The van der Waals surface area contributed by atoms with Crippen molar-refractivity contribution in [3.8, 4) is 11.3 Å². The summed E-state index contributed by atoms with van der Waals surface area (Å²) >= 11 is 5.14. The van der Waals surface area contributed by atoms with Gasteiger partial charge in [-0.2, -0.15) is 0 Å². The van der Waals surface area contributed by atoms with E-state index in [1.54, 1.807) is 11.3 Å². The molecule has 0 aliphatic heterocycles. The summed E-state index contributed by atoms with van der Waals surface area (Å²) < 4.78 is 5.47. The van der Waals surface area contributed by atoms with Crippen molar-refractivity contribution in [2.45, 2.75) is 26.9 Å². The Balaban J connectivity index is 0.00000225. The first kappa shape index (κ1) is 20.7. The van der Waals surface area contributed by atoms with Gasteiger partial charge in [-0.3, -0.25) is 0 Å². The zero-order valence-corrected chi connectivity index (χ0v) is 18.8. The van der Waals surface area contributed by atoms with Gasteiger partial charge in [-0.1, -0.05) is 48.5 Å². The van der Waals surface area contributed by atoms with E-state index < -0.39 is 0 Å². The molecule has 28 heavy (non-hydrogen) atoms. The minimum absolute atomic E-state index is 0. The van der Waals surface area contributed by atoms with E-state index in [0.29, 0.717) is 0 Å². The molecule has 0 bridgehead atoms. The van der Waals surface area contributed by atoms with Gasteiger partial charge in [0.15, 0.2) is 0 Å². The van der Waals surface area contributed by atoms with Crippen LogP contribution in [-0.2, 0) is 13.1 Å². The fourth-order valence-corrected chi connectivity index (χ4v) is 4.77. The highest BCUT2D eigenvalue weighted by Gasteiger charge is 2.20. The first-order valence-electron chi connectivity index (χ1n) is 9.00. The minimum Gasteiger partial charge on any atom is -1.00 e. The number of azo groups is 1. The van der Waals surface area contributed by atoms with Crippen molar-refractivity contribution < 1.29 is 17.0 Å². The maximum absolute atomic E-state index is 4.74. The molecule has 7 heteroatoms. The molecule has 2 aromatic carbocycles. The van der Waals surface area contributed by atoms with E-state index in [9.17, 15) is 0 Å². The molecule has 0 saturated heterocycles. The van der Waals surface area contributed by atoms with Gasteiger partial charge in [0, 0.05) is 17.5 Å². The van der Waals surface area contributed by atoms with Gasteiger partial charge in [0.25, 0.3) is 0 Å². The molecule has 144 valence electrons. The molecule has 4 rings (SSSR count). The lowest BCUT2D eigenvalue weighted by Gasteiger charge is -2.08. The Labute approximate surface area is 183 Å². The highest BCUT2D eigenvalue weighted by molar-refractivity contribution is 9.11. The van der Waals surface area contributed by atoms with Crippen molar-refractivity contribution in [2.24, 2.45) is 10.2 Å². The number of nitrogens with zero attached hydrogens (tertiary/aromatic N) is 4. The number of para-hydroxylation sites is 1. The van der Waals surface area contributed by atoms with Crippen LogP contribution in [0.3, 0.4) is 0 Å². The highest BCUT2D eigenvalue weighted by atomic mass is 79.9. The average Bonchev–Trinajstić information content (AvgIpc) is 3.23. The van der Waals surface area contributed by atoms with Gasteiger partial charge >= 0.3 is 5.13 Å². The Morgan fingerprint density at radius 2 is 1.71 bits per heavy atom. The third-order valence-corrected chi connectivity index (χ3v) is 6.07. The summed E-state index contributed by atoms with van der Waals surface area (Å²) in [6.45, 7) is 6.01. The molecule has 0 radical (unpaired) electrons. The summed E-state index contributed by atoms with van der Waals surface area (Å²) in [4.78, 5) is 0. The highest BCUT2D eigenvalue weighted by Crippen LogP contribution is 2.41. The Hall–Kier alpha value is -2.02. The molecule has 4 aromatic rings. The zero-order valence-electron chi connectivity index (χ0n) is 15.6. The SMILES string of the molecule is CCn1c(-c2ccccc2)c(N=Nc2sc(Br)c[n+]2CC)c2ccccc21.[Cl-]. The number of hydrogen-bond acceptors (Lipinski definition) is 3. The summed E-state index contributed by atoms with van der Waals surface area (Å²) in [5.74, 6) is 0. The predicted octanol–water partition coefficient (Wildman–Crippen LogP) is 3.88. The molecule has 2 heterocycles. The van der Waals surface area contributed by atoms with Crippen molar-refractivity contribution in [2.75, 3.05) is 0 Å². The van der Waals surface area contributed by atoms with Crippen LogP contribution in [0.2, 0.25) is 0 Å². The van der Waals surface area contributed by atoms with Crippen molar-refractivity contribution in [1.82, 2.24) is 4.57 Å². The molecule has 4 nitrogen and oxygen atoms in total. The van der Waals surface area contributed by atoms with Gasteiger partial charge in [-0.05, 0) is 52.3 Å². The van der Waals surface area contributed by atoms with Gasteiger partial charge in [0.2, 0.25) is 0 Å². The number of thiazole rings is 1. The normalized spacial score (nSPS) is 11.2. The van der Waals surface area contributed by atoms with Gasteiger partial charge in [0.05, 0.1) is 22.9 Å². The van der Waals surface area contributed by atoms with Crippen LogP contribution in [0.4, 0.5) is 10.8 Å². The van der Waals surface area contributed by atoms with Crippen LogP contribution in [0.5, 0.6) is 0 Å². The lowest BCUT2D eigenvalue weighted by molar-refractivity contribution is -0.677. The summed E-state index contributed by atoms with van der Waals surface area (Å²) in [6, 6.07) is 18.8. The molecular formula is C21H20BrClN4S. The lowest BCUT2D eigenvalue weighted by Crippen LogP contribution is -3.00. The first-order valence-corrected chi connectivity index (χ1v) is 10.6. The number of halogens is 2. The van der Waals surface area contributed by atoms with Crippen LogP contribution in [0.1, 0.15) is 13.8 Å². The van der Waals surface area contributed by atoms with Crippen molar-refractivity contribution in [3.05, 3.63) is 64.6 Å². The molecule has 0 fully saturated rings. The number of fused-ring (bicyclic) bond motifs is 1. The zero-order chi connectivity index (χ0) is 18.8. The van der Waals surface area contributed by atoms with E-state index in [0.717, 1.165) is 44.3 Å². The fraction of sp³-hybridized carbons (Fsp3) is 0.190. The van der Waals surface area contributed by atoms with Crippen LogP contribution in [0, 0.1) is 0 Å². The Bertz CT molecular complexity index is 1120. The smallest absolute Gasteiger partial charge is 0.409 e. The molecule has 0 unspecified atom stereocenters. The van der Waals surface area contributed by atoms with E-state index in [1.165, 1.54) is 5.52 Å². The van der Waals surface area contributed by atoms with Gasteiger partial charge < -0.3 is 17.0 Å². The molecule has 2 aromatic heterocycles. The summed E-state index contributed by atoms with van der Waals surface area (Å²) in [6.07, 6.45) is 2.05. The minimum atomic E-state index is 0. The van der Waals surface area contributed by atoms with E-state index in [1.807, 2.05) is 12.3 Å².